The standard InChI is InChI=1S/C20H33NO3/c1-12(21)19(22)24-13(2)18(23-11-14-3-4-14)20-8-15-5-16(9-20)7-17(6-15)10-20/h12-18H,3-11,21H2,1-2H3/t12-,13-,15?,16?,17?,18+,20?/m0/s1. The Morgan fingerprint density at radius 2 is 1.62 bits per heavy atom. The van der Waals surface area contributed by atoms with Crippen LogP contribution >= 0.6 is 0 Å². The molecule has 4 nitrogen and oxygen atoms in total. The fourth-order valence-electron chi connectivity index (χ4n) is 6.21. The molecule has 4 heteroatoms. The summed E-state index contributed by atoms with van der Waals surface area (Å²) in [4.78, 5) is 12.0. The zero-order valence-electron chi connectivity index (χ0n) is 15.2. The van der Waals surface area contributed by atoms with Crippen molar-refractivity contribution >= 4 is 5.97 Å². The predicted molar refractivity (Wildman–Crippen MR) is 92.3 cm³/mol. The van der Waals surface area contributed by atoms with Gasteiger partial charge in [0.15, 0.2) is 0 Å². The Morgan fingerprint density at radius 3 is 2.08 bits per heavy atom. The van der Waals surface area contributed by atoms with Crippen LogP contribution < -0.4 is 5.73 Å². The molecule has 5 aliphatic carbocycles. The number of hydrogen-bond acceptors (Lipinski definition) is 4. The molecule has 4 bridgehead atoms. The molecule has 0 radical (unpaired) electrons. The van der Waals surface area contributed by atoms with Gasteiger partial charge < -0.3 is 15.2 Å². The number of hydrogen-bond donors (Lipinski definition) is 1. The maximum Gasteiger partial charge on any atom is 0.322 e. The highest BCUT2D eigenvalue weighted by Gasteiger charge is 2.56. The minimum Gasteiger partial charge on any atom is -0.459 e. The molecule has 5 aliphatic rings. The highest BCUT2D eigenvalue weighted by molar-refractivity contribution is 5.75. The Morgan fingerprint density at radius 1 is 1.08 bits per heavy atom. The van der Waals surface area contributed by atoms with Crippen LogP contribution in [-0.2, 0) is 14.3 Å². The second-order valence-electron chi connectivity index (χ2n) is 9.41. The van der Waals surface area contributed by atoms with E-state index in [9.17, 15) is 4.79 Å². The monoisotopic (exact) mass is 335 g/mol. The Bertz CT molecular complexity index is 450. The van der Waals surface area contributed by atoms with E-state index in [1.54, 1.807) is 6.92 Å². The molecule has 0 aromatic heterocycles. The highest BCUT2D eigenvalue weighted by Crippen LogP contribution is 2.62. The Kier molecular flexibility index (Phi) is 4.41. The van der Waals surface area contributed by atoms with E-state index in [4.69, 9.17) is 15.2 Å². The largest absolute Gasteiger partial charge is 0.459 e. The van der Waals surface area contributed by atoms with Gasteiger partial charge in [0.05, 0.1) is 6.10 Å². The van der Waals surface area contributed by atoms with Crippen LogP contribution in [0.1, 0.15) is 65.2 Å². The molecule has 2 N–H and O–H groups in total. The van der Waals surface area contributed by atoms with Gasteiger partial charge in [-0.2, -0.15) is 0 Å². The molecule has 0 aromatic carbocycles. The fraction of sp³-hybridized carbons (Fsp3) is 0.950. The summed E-state index contributed by atoms with van der Waals surface area (Å²) >= 11 is 0. The lowest BCUT2D eigenvalue weighted by molar-refractivity contribution is -0.192. The van der Waals surface area contributed by atoms with E-state index in [2.05, 4.69) is 0 Å². The molecule has 0 saturated heterocycles. The van der Waals surface area contributed by atoms with Gasteiger partial charge in [-0.1, -0.05) is 0 Å². The lowest BCUT2D eigenvalue weighted by Crippen LogP contribution is -2.56. The van der Waals surface area contributed by atoms with E-state index in [1.165, 1.54) is 51.4 Å². The minimum absolute atomic E-state index is 0.0502. The van der Waals surface area contributed by atoms with E-state index in [0.717, 1.165) is 30.3 Å². The first-order valence-corrected chi connectivity index (χ1v) is 10.0. The van der Waals surface area contributed by atoms with Crippen molar-refractivity contribution < 1.29 is 14.3 Å². The molecule has 0 heterocycles. The highest BCUT2D eigenvalue weighted by atomic mass is 16.6. The lowest BCUT2D eigenvalue weighted by Gasteiger charge is -2.59. The second-order valence-corrected chi connectivity index (χ2v) is 9.41. The molecule has 5 fully saturated rings. The Hall–Kier alpha value is -0.610. The van der Waals surface area contributed by atoms with Crippen LogP contribution in [0.4, 0.5) is 0 Å². The van der Waals surface area contributed by atoms with Crippen LogP contribution in [0.15, 0.2) is 0 Å². The van der Waals surface area contributed by atoms with Gasteiger partial charge in [0.1, 0.15) is 12.1 Å². The molecule has 5 saturated carbocycles. The molecule has 0 aromatic rings. The summed E-state index contributed by atoms with van der Waals surface area (Å²) in [6, 6.07) is -0.562. The molecule has 0 amide bonds. The van der Waals surface area contributed by atoms with Crippen molar-refractivity contribution in [3.05, 3.63) is 0 Å². The van der Waals surface area contributed by atoms with Crippen molar-refractivity contribution in [1.82, 2.24) is 0 Å². The smallest absolute Gasteiger partial charge is 0.322 e. The summed E-state index contributed by atoms with van der Waals surface area (Å²) in [7, 11) is 0. The molecule has 24 heavy (non-hydrogen) atoms. The van der Waals surface area contributed by atoms with Crippen LogP contribution in [0, 0.1) is 29.1 Å². The number of nitrogens with two attached hydrogens (primary N) is 1. The summed E-state index contributed by atoms with van der Waals surface area (Å²) in [6.07, 6.45) is 10.5. The third-order valence-corrected chi connectivity index (χ3v) is 7.00. The molecule has 0 aliphatic heterocycles. The second kappa shape index (κ2) is 6.28. The fourth-order valence-corrected chi connectivity index (χ4v) is 6.21. The number of carbonyl (C=O) groups is 1. The summed E-state index contributed by atoms with van der Waals surface area (Å²) in [5.74, 6) is 3.06. The van der Waals surface area contributed by atoms with Gasteiger partial charge in [-0.05, 0) is 88.9 Å². The SMILES string of the molecule is C[C@H](N)C(=O)O[C@@H](C)[C@@H](OCC1CC1)C12CC3CC(CC(C3)C1)C2. The third-order valence-electron chi connectivity index (χ3n) is 7.00. The van der Waals surface area contributed by atoms with Gasteiger partial charge in [0, 0.05) is 12.0 Å². The molecule has 136 valence electrons. The van der Waals surface area contributed by atoms with E-state index in [1.807, 2.05) is 6.92 Å². The van der Waals surface area contributed by atoms with Gasteiger partial charge in [-0.3, -0.25) is 4.79 Å². The number of rotatable bonds is 7. The maximum atomic E-state index is 12.0. The molecule has 0 spiro atoms. The molecule has 0 unspecified atom stereocenters. The van der Waals surface area contributed by atoms with Crippen molar-refractivity contribution in [2.45, 2.75) is 83.5 Å². The summed E-state index contributed by atoms with van der Waals surface area (Å²) < 4.78 is 12.2. The Labute approximate surface area is 145 Å². The summed E-state index contributed by atoms with van der Waals surface area (Å²) in [5, 5.41) is 0. The first-order chi connectivity index (χ1) is 11.4. The van der Waals surface area contributed by atoms with Crippen molar-refractivity contribution in [3.8, 4) is 0 Å². The lowest BCUT2D eigenvalue weighted by atomic mass is 9.47. The van der Waals surface area contributed by atoms with Crippen LogP contribution in [0.3, 0.4) is 0 Å². The van der Waals surface area contributed by atoms with E-state index in [-0.39, 0.29) is 23.6 Å². The average Bonchev–Trinajstić information content (AvgIpc) is 3.29. The first kappa shape index (κ1) is 16.8. The average molecular weight is 335 g/mol. The first-order valence-electron chi connectivity index (χ1n) is 10.0. The molecular weight excluding hydrogens is 302 g/mol. The quantitative estimate of drug-likeness (QED) is 0.725. The van der Waals surface area contributed by atoms with Gasteiger partial charge in [0.25, 0.3) is 0 Å². The normalized spacial score (nSPS) is 41.0. The Balaban J connectivity index is 1.51. The number of ether oxygens (including phenoxy) is 2. The van der Waals surface area contributed by atoms with Crippen LogP contribution in [0.2, 0.25) is 0 Å². The number of esters is 1. The van der Waals surface area contributed by atoms with E-state index >= 15 is 0 Å². The van der Waals surface area contributed by atoms with Crippen LogP contribution in [0.5, 0.6) is 0 Å². The summed E-state index contributed by atoms with van der Waals surface area (Å²) in [5.41, 5.74) is 5.94. The van der Waals surface area contributed by atoms with Crippen molar-refractivity contribution in [2.24, 2.45) is 34.8 Å². The van der Waals surface area contributed by atoms with E-state index in [0.29, 0.717) is 0 Å². The maximum absolute atomic E-state index is 12.0. The zero-order chi connectivity index (χ0) is 16.9. The van der Waals surface area contributed by atoms with E-state index < -0.39 is 6.04 Å². The van der Waals surface area contributed by atoms with Gasteiger partial charge in [-0.15, -0.1) is 0 Å². The third kappa shape index (κ3) is 3.24. The van der Waals surface area contributed by atoms with Crippen LogP contribution in [0.25, 0.3) is 0 Å². The topological polar surface area (TPSA) is 61.6 Å². The van der Waals surface area contributed by atoms with Crippen molar-refractivity contribution in [3.63, 3.8) is 0 Å². The molecular formula is C20H33NO3. The molecule has 3 atom stereocenters. The van der Waals surface area contributed by atoms with Crippen LogP contribution in [-0.4, -0.2) is 30.8 Å². The van der Waals surface area contributed by atoms with Gasteiger partial charge in [-0.25, -0.2) is 0 Å². The zero-order valence-corrected chi connectivity index (χ0v) is 15.2. The summed E-state index contributed by atoms with van der Waals surface area (Å²) in [6.45, 7) is 4.56. The van der Waals surface area contributed by atoms with Gasteiger partial charge in [0.2, 0.25) is 0 Å². The van der Waals surface area contributed by atoms with Gasteiger partial charge >= 0.3 is 5.97 Å². The number of carbonyl (C=O) groups excluding carboxylic acids is 1. The van der Waals surface area contributed by atoms with Crippen molar-refractivity contribution in [1.29, 1.82) is 0 Å². The van der Waals surface area contributed by atoms with Crippen molar-refractivity contribution in [2.75, 3.05) is 6.61 Å². The minimum atomic E-state index is -0.562. The molecule has 5 rings (SSSR count). The predicted octanol–water partition coefficient (Wildman–Crippen LogP) is 3.28.